The van der Waals surface area contributed by atoms with Crippen LogP contribution in [0.2, 0.25) is 0 Å². The molecule has 0 atom stereocenters. The molecule has 0 aliphatic rings. The highest BCUT2D eigenvalue weighted by Gasteiger charge is 2.10. The molecular formula is C15H12N6. The van der Waals surface area contributed by atoms with Crippen LogP contribution in [0.25, 0.3) is 16.7 Å². The summed E-state index contributed by atoms with van der Waals surface area (Å²) in [6.07, 6.45) is 3.50. The van der Waals surface area contributed by atoms with E-state index >= 15 is 0 Å². The molecular weight excluding hydrogens is 264 g/mol. The number of nitrogens with one attached hydrogen (secondary N) is 1. The van der Waals surface area contributed by atoms with Gasteiger partial charge in [-0.3, -0.25) is 4.40 Å². The van der Waals surface area contributed by atoms with Gasteiger partial charge in [-0.1, -0.05) is 18.2 Å². The lowest BCUT2D eigenvalue weighted by Crippen LogP contribution is -2.01. The van der Waals surface area contributed by atoms with E-state index in [2.05, 4.69) is 25.5 Å². The van der Waals surface area contributed by atoms with Gasteiger partial charge in [-0.05, 0) is 30.7 Å². The Hall–Kier alpha value is -3.02. The number of aryl methyl sites for hydroxylation is 1. The minimum absolute atomic E-state index is 0.641. The summed E-state index contributed by atoms with van der Waals surface area (Å²) in [5.41, 5.74) is 3.63. The van der Waals surface area contributed by atoms with Crippen LogP contribution >= 0.6 is 0 Å². The highest BCUT2D eigenvalue weighted by atomic mass is 15.3. The predicted molar refractivity (Wildman–Crippen MR) is 80.5 cm³/mol. The number of benzene rings is 1. The molecule has 1 aromatic carbocycles. The van der Waals surface area contributed by atoms with Crippen molar-refractivity contribution in [1.82, 2.24) is 24.6 Å². The van der Waals surface area contributed by atoms with Crippen LogP contribution in [0.3, 0.4) is 0 Å². The number of hydrogen-bond donors (Lipinski definition) is 1. The number of hydrogen-bond acceptors (Lipinski definition) is 5. The highest BCUT2D eigenvalue weighted by molar-refractivity contribution is 5.83. The quantitative estimate of drug-likeness (QED) is 0.609. The molecule has 0 unspecified atom stereocenters. The number of pyridine rings is 1. The summed E-state index contributed by atoms with van der Waals surface area (Å²) in [4.78, 5) is 8.96. The van der Waals surface area contributed by atoms with E-state index in [0.29, 0.717) is 11.5 Å². The molecule has 102 valence electrons. The van der Waals surface area contributed by atoms with Gasteiger partial charge in [0.05, 0.1) is 11.0 Å². The molecule has 0 fully saturated rings. The highest BCUT2D eigenvalue weighted by Crippen LogP contribution is 2.22. The average Bonchev–Trinajstić information content (AvgIpc) is 3.00. The maximum atomic E-state index is 4.62. The summed E-state index contributed by atoms with van der Waals surface area (Å²) in [7, 11) is 0. The van der Waals surface area contributed by atoms with Crippen molar-refractivity contribution in [2.24, 2.45) is 0 Å². The molecule has 0 saturated heterocycles. The summed E-state index contributed by atoms with van der Waals surface area (Å²) in [6, 6.07) is 11.8. The first kappa shape index (κ1) is 11.8. The Morgan fingerprint density at radius 1 is 1.10 bits per heavy atom. The monoisotopic (exact) mass is 276 g/mol. The lowest BCUT2D eigenvalue weighted by atomic mass is 10.3. The van der Waals surface area contributed by atoms with Gasteiger partial charge >= 0.3 is 0 Å². The van der Waals surface area contributed by atoms with Gasteiger partial charge in [-0.15, -0.1) is 10.2 Å². The second-order valence-electron chi connectivity index (χ2n) is 4.82. The minimum Gasteiger partial charge on any atom is -0.322 e. The summed E-state index contributed by atoms with van der Waals surface area (Å²) >= 11 is 0. The van der Waals surface area contributed by atoms with Gasteiger partial charge in [0, 0.05) is 6.20 Å². The molecule has 1 N–H and O–H groups in total. The summed E-state index contributed by atoms with van der Waals surface area (Å²) in [6.45, 7) is 2.00. The molecule has 0 aliphatic heterocycles. The molecule has 0 spiro atoms. The Labute approximate surface area is 120 Å². The van der Waals surface area contributed by atoms with E-state index in [9.17, 15) is 0 Å². The molecule has 3 heterocycles. The molecule has 6 heteroatoms. The predicted octanol–water partition coefficient (Wildman–Crippen LogP) is 2.72. The maximum Gasteiger partial charge on any atom is 0.204 e. The van der Waals surface area contributed by atoms with Crippen molar-refractivity contribution in [3.63, 3.8) is 0 Å². The van der Waals surface area contributed by atoms with E-state index < -0.39 is 0 Å². The minimum atomic E-state index is 0.641. The van der Waals surface area contributed by atoms with Gasteiger partial charge in [0.25, 0.3) is 0 Å². The Kier molecular flexibility index (Phi) is 2.53. The van der Waals surface area contributed by atoms with Crippen molar-refractivity contribution in [2.75, 3.05) is 5.32 Å². The van der Waals surface area contributed by atoms with E-state index in [1.807, 2.05) is 53.9 Å². The van der Waals surface area contributed by atoms with E-state index in [4.69, 9.17) is 0 Å². The van der Waals surface area contributed by atoms with Crippen molar-refractivity contribution < 1.29 is 0 Å². The Balaban J connectivity index is 1.90. The molecule has 4 aromatic rings. The van der Waals surface area contributed by atoms with Crippen molar-refractivity contribution in [2.45, 2.75) is 6.92 Å². The topological polar surface area (TPSA) is 68.0 Å². The standard InChI is InChI=1S/C15H12N6/c1-10-6-7-13(16-8-10)19-14-15-20-17-9-21(15)12-5-3-2-4-11(12)18-14/h2-9H,1H3,(H,16,18,19). The van der Waals surface area contributed by atoms with E-state index in [0.717, 1.165) is 22.4 Å². The second-order valence-corrected chi connectivity index (χ2v) is 4.82. The fourth-order valence-corrected chi connectivity index (χ4v) is 2.25. The Bertz CT molecular complexity index is 926. The molecule has 3 aromatic heterocycles. The molecule has 21 heavy (non-hydrogen) atoms. The van der Waals surface area contributed by atoms with Gasteiger partial charge < -0.3 is 5.32 Å². The van der Waals surface area contributed by atoms with E-state index in [1.54, 1.807) is 6.33 Å². The molecule has 0 aliphatic carbocycles. The summed E-state index contributed by atoms with van der Waals surface area (Å²) < 4.78 is 1.92. The lowest BCUT2D eigenvalue weighted by Gasteiger charge is -2.08. The van der Waals surface area contributed by atoms with Crippen LogP contribution in [0.5, 0.6) is 0 Å². The molecule has 4 rings (SSSR count). The molecule has 6 nitrogen and oxygen atoms in total. The fraction of sp³-hybridized carbons (Fsp3) is 0.0667. The first-order valence-corrected chi connectivity index (χ1v) is 6.59. The Morgan fingerprint density at radius 3 is 2.86 bits per heavy atom. The van der Waals surface area contributed by atoms with Crippen molar-refractivity contribution >= 4 is 28.3 Å². The summed E-state index contributed by atoms with van der Waals surface area (Å²) in [5.74, 6) is 1.37. The van der Waals surface area contributed by atoms with E-state index in [-0.39, 0.29) is 0 Å². The normalized spacial score (nSPS) is 11.1. The lowest BCUT2D eigenvalue weighted by molar-refractivity contribution is 1.11. The van der Waals surface area contributed by atoms with Gasteiger partial charge in [-0.2, -0.15) is 0 Å². The SMILES string of the molecule is Cc1ccc(Nc2nc3ccccc3n3cnnc23)nc1. The van der Waals surface area contributed by atoms with Crippen LogP contribution in [0.4, 0.5) is 11.6 Å². The smallest absolute Gasteiger partial charge is 0.204 e. The van der Waals surface area contributed by atoms with Crippen LogP contribution in [-0.2, 0) is 0 Å². The first-order valence-electron chi connectivity index (χ1n) is 6.59. The van der Waals surface area contributed by atoms with Crippen LogP contribution in [0, 0.1) is 6.92 Å². The van der Waals surface area contributed by atoms with Crippen molar-refractivity contribution in [3.8, 4) is 0 Å². The third-order valence-electron chi connectivity index (χ3n) is 3.29. The maximum absolute atomic E-state index is 4.62. The van der Waals surface area contributed by atoms with Crippen LogP contribution in [0.1, 0.15) is 5.56 Å². The molecule has 0 amide bonds. The fourth-order valence-electron chi connectivity index (χ4n) is 2.25. The van der Waals surface area contributed by atoms with Crippen LogP contribution in [0.15, 0.2) is 48.9 Å². The third kappa shape index (κ3) is 1.97. The zero-order valence-electron chi connectivity index (χ0n) is 11.4. The molecule has 0 saturated carbocycles. The molecule has 0 radical (unpaired) electrons. The van der Waals surface area contributed by atoms with Crippen LogP contribution in [-0.4, -0.2) is 24.6 Å². The number of para-hydroxylation sites is 2. The third-order valence-corrected chi connectivity index (χ3v) is 3.29. The summed E-state index contributed by atoms with van der Waals surface area (Å²) in [5, 5.41) is 11.3. The first-order chi connectivity index (χ1) is 10.3. The number of anilines is 2. The number of rotatable bonds is 2. The number of nitrogens with zero attached hydrogens (tertiary/aromatic N) is 5. The Morgan fingerprint density at radius 2 is 2.00 bits per heavy atom. The van der Waals surface area contributed by atoms with Crippen LogP contribution < -0.4 is 5.32 Å². The van der Waals surface area contributed by atoms with E-state index in [1.165, 1.54) is 0 Å². The molecule has 0 bridgehead atoms. The van der Waals surface area contributed by atoms with Crippen molar-refractivity contribution in [3.05, 3.63) is 54.5 Å². The van der Waals surface area contributed by atoms with Gasteiger partial charge in [0.2, 0.25) is 5.65 Å². The van der Waals surface area contributed by atoms with Gasteiger partial charge in [-0.25, -0.2) is 9.97 Å². The zero-order chi connectivity index (χ0) is 14.2. The van der Waals surface area contributed by atoms with Gasteiger partial charge in [0.1, 0.15) is 12.1 Å². The number of fused-ring (bicyclic) bond motifs is 3. The largest absolute Gasteiger partial charge is 0.322 e. The van der Waals surface area contributed by atoms with Gasteiger partial charge in [0.15, 0.2) is 5.82 Å². The zero-order valence-corrected chi connectivity index (χ0v) is 11.4. The second kappa shape index (κ2) is 4.52. The van der Waals surface area contributed by atoms with Crippen molar-refractivity contribution in [1.29, 1.82) is 0 Å². The average molecular weight is 276 g/mol. The number of aromatic nitrogens is 5.